The number of benzene rings is 1. The smallest absolute Gasteiger partial charge is 0.165 e. The first-order valence-corrected chi connectivity index (χ1v) is 7.85. The molecule has 1 heterocycles. The lowest BCUT2D eigenvalue weighted by atomic mass is 10.0. The number of hydrogen-bond donors (Lipinski definition) is 1. The molecule has 3 unspecified atom stereocenters. The van der Waals surface area contributed by atoms with Gasteiger partial charge in [-0.3, -0.25) is 0 Å². The Balaban J connectivity index is 2.18. The topological polar surface area (TPSA) is 30.5 Å². The van der Waals surface area contributed by atoms with Gasteiger partial charge in [0.05, 0.1) is 12.2 Å². The lowest BCUT2D eigenvalue weighted by Crippen LogP contribution is -2.36. The fourth-order valence-corrected chi connectivity index (χ4v) is 3.01. The molecule has 0 aliphatic carbocycles. The first-order valence-electron chi connectivity index (χ1n) is 7.85. The van der Waals surface area contributed by atoms with Gasteiger partial charge in [-0.2, -0.15) is 0 Å². The molecule has 0 spiro atoms. The van der Waals surface area contributed by atoms with Gasteiger partial charge >= 0.3 is 0 Å². The van der Waals surface area contributed by atoms with E-state index in [1.54, 1.807) is 6.07 Å². The highest BCUT2D eigenvalue weighted by Crippen LogP contribution is 2.32. The maximum Gasteiger partial charge on any atom is 0.165 e. The molecular weight excluding hydrogens is 269 g/mol. The molecule has 1 saturated heterocycles. The quantitative estimate of drug-likeness (QED) is 0.895. The molecule has 0 saturated carbocycles. The van der Waals surface area contributed by atoms with Gasteiger partial charge in [-0.1, -0.05) is 19.1 Å². The lowest BCUT2D eigenvalue weighted by molar-refractivity contribution is -0.0730. The van der Waals surface area contributed by atoms with Crippen LogP contribution in [-0.2, 0) is 4.74 Å². The standard InChI is InChI=1S/C17H26FNO2/c1-5-19-13(4)15-7-6-8-16(18)17(15)21-14-9-11(2)20-12(3)10-14/h6-8,11-14,19H,5,9-10H2,1-4H3. The summed E-state index contributed by atoms with van der Waals surface area (Å²) in [5, 5.41) is 3.31. The molecule has 1 fully saturated rings. The first-order chi connectivity index (χ1) is 10.0. The fraction of sp³-hybridized carbons (Fsp3) is 0.647. The molecular formula is C17H26FNO2. The Morgan fingerprint density at radius 3 is 2.62 bits per heavy atom. The molecule has 1 aliphatic heterocycles. The Labute approximate surface area is 126 Å². The molecule has 0 radical (unpaired) electrons. The zero-order chi connectivity index (χ0) is 15.4. The monoisotopic (exact) mass is 295 g/mol. The van der Waals surface area contributed by atoms with Crippen LogP contribution in [0.5, 0.6) is 5.75 Å². The summed E-state index contributed by atoms with van der Waals surface area (Å²) >= 11 is 0. The molecule has 4 heteroatoms. The maximum absolute atomic E-state index is 14.2. The van der Waals surface area contributed by atoms with E-state index in [1.807, 2.05) is 33.8 Å². The highest BCUT2D eigenvalue weighted by molar-refractivity contribution is 5.37. The van der Waals surface area contributed by atoms with Gasteiger partial charge in [0, 0.05) is 24.4 Å². The van der Waals surface area contributed by atoms with Crippen LogP contribution in [0.15, 0.2) is 18.2 Å². The minimum atomic E-state index is -0.288. The van der Waals surface area contributed by atoms with Gasteiger partial charge in [0.15, 0.2) is 11.6 Å². The molecule has 1 aliphatic rings. The van der Waals surface area contributed by atoms with E-state index in [0.29, 0.717) is 5.75 Å². The molecule has 1 aromatic rings. The van der Waals surface area contributed by atoms with E-state index in [2.05, 4.69) is 5.32 Å². The summed E-state index contributed by atoms with van der Waals surface area (Å²) in [7, 11) is 0. The highest BCUT2D eigenvalue weighted by atomic mass is 19.1. The number of halogens is 1. The van der Waals surface area contributed by atoms with Crippen molar-refractivity contribution < 1.29 is 13.9 Å². The second-order valence-corrected chi connectivity index (χ2v) is 5.91. The third kappa shape index (κ3) is 4.17. The molecule has 21 heavy (non-hydrogen) atoms. The van der Waals surface area contributed by atoms with Crippen LogP contribution in [0.1, 0.15) is 52.1 Å². The zero-order valence-electron chi connectivity index (χ0n) is 13.4. The minimum absolute atomic E-state index is 0.00762. The van der Waals surface area contributed by atoms with E-state index >= 15 is 0 Å². The van der Waals surface area contributed by atoms with Crippen molar-refractivity contribution in [1.82, 2.24) is 5.32 Å². The van der Waals surface area contributed by atoms with Crippen molar-refractivity contribution in [3.05, 3.63) is 29.6 Å². The molecule has 3 atom stereocenters. The number of para-hydroxylation sites is 1. The molecule has 118 valence electrons. The van der Waals surface area contributed by atoms with Crippen molar-refractivity contribution in [2.45, 2.75) is 64.9 Å². The van der Waals surface area contributed by atoms with E-state index in [9.17, 15) is 4.39 Å². The van der Waals surface area contributed by atoms with Crippen LogP contribution >= 0.6 is 0 Å². The molecule has 0 aromatic heterocycles. The molecule has 1 N–H and O–H groups in total. The van der Waals surface area contributed by atoms with E-state index in [0.717, 1.165) is 24.9 Å². The summed E-state index contributed by atoms with van der Waals surface area (Å²) in [4.78, 5) is 0. The SMILES string of the molecule is CCNC(C)c1cccc(F)c1OC1CC(C)OC(C)C1. The third-order valence-electron chi connectivity index (χ3n) is 3.91. The van der Waals surface area contributed by atoms with Crippen LogP contribution in [0.25, 0.3) is 0 Å². The van der Waals surface area contributed by atoms with Crippen molar-refractivity contribution in [2.75, 3.05) is 6.54 Å². The molecule has 0 bridgehead atoms. The van der Waals surface area contributed by atoms with E-state index < -0.39 is 0 Å². The Bertz CT molecular complexity index is 456. The normalized spacial score (nSPS) is 27.4. The molecule has 2 rings (SSSR count). The summed E-state index contributed by atoms with van der Waals surface area (Å²) in [6.45, 7) is 8.98. The Morgan fingerprint density at radius 1 is 1.33 bits per heavy atom. The molecule has 0 amide bonds. The van der Waals surface area contributed by atoms with Gasteiger partial charge in [-0.05, 0) is 33.4 Å². The average Bonchev–Trinajstić information content (AvgIpc) is 2.40. The molecule has 1 aromatic carbocycles. The number of rotatable bonds is 5. The van der Waals surface area contributed by atoms with Crippen LogP contribution in [0.3, 0.4) is 0 Å². The van der Waals surface area contributed by atoms with Gasteiger partial charge in [-0.15, -0.1) is 0 Å². The third-order valence-corrected chi connectivity index (χ3v) is 3.91. The Morgan fingerprint density at radius 2 is 2.00 bits per heavy atom. The Hall–Kier alpha value is -1.13. The Kier molecular flexibility index (Phi) is 5.59. The number of hydrogen-bond acceptors (Lipinski definition) is 3. The van der Waals surface area contributed by atoms with Gasteiger partial charge in [0.2, 0.25) is 0 Å². The van der Waals surface area contributed by atoms with E-state index in [-0.39, 0.29) is 30.2 Å². The van der Waals surface area contributed by atoms with Gasteiger partial charge < -0.3 is 14.8 Å². The van der Waals surface area contributed by atoms with Gasteiger partial charge in [0.25, 0.3) is 0 Å². The average molecular weight is 295 g/mol. The summed E-state index contributed by atoms with van der Waals surface area (Å²) < 4.78 is 26.0. The van der Waals surface area contributed by atoms with Crippen LogP contribution < -0.4 is 10.1 Å². The second kappa shape index (κ2) is 7.23. The zero-order valence-corrected chi connectivity index (χ0v) is 13.4. The highest BCUT2D eigenvalue weighted by Gasteiger charge is 2.27. The van der Waals surface area contributed by atoms with Crippen molar-refractivity contribution in [2.24, 2.45) is 0 Å². The second-order valence-electron chi connectivity index (χ2n) is 5.91. The van der Waals surface area contributed by atoms with Gasteiger partial charge in [-0.25, -0.2) is 4.39 Å². The van der Waals surface area contributed by atoms with Crippen molar-refractivity contribution >= 4 is 0 Å². The minimum Gasteiger partial charge on any atom is -0.487 e. The lowest BCUT2D eigenvalue weighted by Gasteiger charge is -2.33. The first kappa shape index (κ1) is 16.2. The van der Waals surface area contributed by atoms with Crippen LogP contribution in [0.2, 0.25) is 0 Å². The van der Waals surface area contributed by atoms with Crippen molar-refractivity contribution in [1.29, 1.82) is 0 Å². The summed E-state index contributed by atoms with van der Waals surface area (Å²) in [6.07, 6.45) is 1.91. The summed E-state index contributed by atoms with van der Waals surface area (Å²) in [5.74, 6) is 0.0984. The summed E-state index contributed by atoms with van der Waals surface area (Å²) in [6, 6.07) is 5.19. The van der Waals surface area contributed by atoms with E-state index in [4.69, 9.17) is 9.47 Å². The van der Waals surface area contributed by atoms with Crippen LogP contribution in [0, 0.1) is 5.82 Å². The van der Waals surface area contributed by atoms with Crippen molar-refractivity contribution in [3.63, 3.8) is 0 Å². The van der Waals surface area contributed by atoms with Crippen LogP contribution in [-0.4, -0.2) is 24.9 Å². The summed E-state index contributed by atoms with van der Waals surface area (Å²) in [5.41, 5.74) is 0.878. The predicted molar refractivity (Wildman–Crippen MR) is 82.2 cm³/mol. The van der Waals surface area contributed by atoms with Gasteiger partial charge in [0.1, 0.15) is 6.10 Å². The van der Waals surface area contributed by atoms with Crippen molar-refractivity contribution in [3.8, 4) is 5.75 Å². The number of nitrogens with one attached hydrogen (secondary N) is 1. The largest absolute Gasteiger partial charge is 0.487 e. The predicted octanol–water partition coefficient (Wildman–Crippen LogP) is 3.83. The maximum atomic E-state index is 14.2. The van der Waals surface area contributed by atoms with Crippen LogP contribution in [0.4, 0.5) is 4.39 Å². The molecule has 3 nitrogen and oxygen atoms in total. The van der Waals surface area contributed by atoms with E-state index in [1.165, 1.54) is 6.07 Å². The number of ether oxygens (including phenoxy) is 2. The fourth-order valence-electron chi connectivity index (χ4n) is 3.01.